The maximum Gasteiger partial charge on any atom is 0.214 e. The van der Waals surface area contributed by atoms with Gasteiger partial charge in [-0.15, -0.1) is 0 Å². The smallest absolute Gasteiger partial charge is 0.214 e. The molecule has 0 amide bonds. The Bertz CT molecular complexity index is 504. The fourth-order valence-corrected chi connectivity index (χ4v) is 2.71. The van der Waals surface area contributed by atoms with Gasteiger partial charge in [-0.25, -0.2) is 12.7 Å². The van der Waals surface area contributed by atoms with Crippen LogP contribution in [0.4, 0.5) is 0 Å². The molecule has 0 heterocycles. The van der Waals surface area contributed by atoms with Crippen molar-refractivity contribution in [3.63, 3.8) is 0 Å². The highest BCUT2D eigenvalue weighted by Crippen LogP contribution is 2.23. The van der Waals surface area contributed by atoms with E-state index in [1.807, 2.05) is 18.2 Å². The van der Waals surface area contributed by atoms with Crippen LogP contribution in [0.2, 0.25) is 0 Å². The van der Waals surface area contributed by atoms with Crippen molar-refractivity contribution >= 4 is 41.9 Å². The average Bonchev–Trinajstić information content (AvgIpc) is 2.29. The first-order chi connectivity index (χ1) is 8.33. The number of nitrogens with zero attached hydrogens (tertiary/aromatic N) is 1. The summed E-state index contributed by atoms with van der Waals surface area (Å²) < 4.78 is 26.3. The lowest BCUT2D eigenvalue weighted by Crippen LogP contribution is -2.31. The highest BCUT2D eigenvalue weighted by molar-refractivity contribution is 9.13. The number of rotatable bonds is 6. The molecule has 0 aliphatic rings. The first kappa shape index (κ1) is 16.1. The van der Waals surface area contributed by atoms with Crippen molar-refractivity contribution in [1.29, 1.82) is 0 Å². The number of halogens is 2. The fraction of sp³-hybridized carbons (Fsp3) is 0.455. The van der Waals surface area contributed by atoms with E-state index >= 15 is 0 Å². The van der Waals surface area contributed by atoms with Crippen LogP contribution in [0, 0.1) is 0 Å². The van der Waals surface area contributed by atoms with E-state index in [1.165, 1.54) is 4.31 Å². The molecular weight excluding hydrogens is 384 g/mol. The molecule has 0 atom stereocenters. The summed E-state index contributed by atoms with van der Waals surface area (Å²) in [6.45, 7) is 1.09. The van der Waals surface area contributed by atoms with Crippen LogP contribution >= 0.6 is 31.9 Å². The molecule has 0 saturated carbocycles. The molecule has 0 fully saturated rings. The van der Waals surface area contributed by atoms with Gasteiger partial charge in [0.1, 0.15) is 0 Å². The second kappa shape index (κ2) is 7.00. The summed E-state index contributed by atoms with van der Waals surface area (Å²) >= 11 is 6.83. The first-order valence-corrected chi connectivity index (χ1v) is 8.57. The summed E-state index contributed by atoms with van der Waals surface area (Å²) in [5.74, 6) is 0.109. The average molecular weight is 400 g/mol. The third kappa shape index (κ3) is 4.97. The molecule has 0 saturated heterocycles. The van der Waals surface area contributed by atoms with E-state index in [2.05, 4.69) is 37.2 Å². The van der Waals surface area contributed by atoms with Gasteiger partial charge < -0.3 is 5.32 Å². The minimum Gasteiger partial charge on any atom is -0.312 e. The number of hydrogen-bond acceptors (Lipinski definition) is 3. The molecule has 1 rings (SSSR count). The highest BCUT2D eigenvalue weighted by Gasteiger charge is 2.12. The predicted octanol–water partition coefficient (Wildman–Crippen LogP) is 2.19. The van der Waals surface area contributed by atoms with Gasteiger partial charge in [0.2, 0.25) is 10.0 Å². The molecule has 0 bridgehead atoms. The largest absolute Gasteiger partial charge is 0.312 e. The van der Waals surface area contributed by atoms with E-state index in [9.17, 15) is 8.42 Å². The fourth-order valence-electron chi connectivity index (χ4n) is 1.27. The lowest BCUT2D eigenvalue weighted by molar-refractivity contribution is 0.517. The Balaban J connectivity index is 2.41. The van der Waals surface area contributed by atoms with Crippen LogP contribution in [0.3, 0.4) is 0 Å². The molecule has 0 aromatic heterocycles. The molecular formula is C11H16Br2N2O2S. The third-order valence-corrected chi connectivity index (χ3v) is 6.12. The van der Waals surface area contributed by atoms with Crippen molar-refractivity contribution < 1.29 is 8.42 Å². The molecule has 1 aromatic carbocycles. The molecule has 0 spiro atoms. The van der Waals surface area contributed by atoms with Gasteiger partial charge >= 0.3 is 0 Å². The summed E-state index contributed by atoms with van der Waals surface area (Å²) in [5.41, 5.74) is 1.10. The number of sulfonamides is 1. The van der Waals surface area contributed by atoms with E-state index in [-0.39, 0.29) is 5.75 Å². The second-order valence-corrected chi connectivity index (χ2v) is 8.03. The van der Waals surface area contributed by atoms with Crippen molar-refractivity contribution in [3.05, 3.63) is 32.7 Å². The predicted molar refractivity (Wildman–Crippen MR) is 81.0 cm³/mol. The summed E-state index contributed by atoms with van der Waals surface area (Å²) in [7, 11) is -0.0278. The van der Waals surface area contributed by atoms with Crippen LogP contribution in [0.25, 0.3) is 0 Å². The molecule has 4 nitrogen and oxygen atoms in total. The Morgan fingerprint density at radius 3 is 2.44 bits per heavy atom. The molecule has 1 aromatic rings. The van der Waals surface area contributed by atoms with Gasteiger partial charge in [0.15, 0.2) is 0 Å². The Morgan fingerprint density at radius 2 is 1.89 bits per heavy atom. The van der Waals surface area contributed by atoms with Gasteiger partial charge in [-0.3, -0.25) is 0 Å². The van der Waals surface area contributed by atoms with E-state index in [4.69, 9.17) is 0 Å². The molecule has 0 unspecified atom stereocenters. The normalized spacial score (nSPS) is 12.1. The molecule has 18 heavy (non-hydrogen) atoms. The monoisotopic (exact) mass is 398 g/mol. The minimum absolute atomic E-state index is 0.109. The van der Waals surface area contributed by atoms with Crippen LogP contribution in [0.1, 0.15) is 5.56 Å². The molecule has 7 heteroatoms. The molecule has 0 aliphatic carbocycles. The summed E-state index contributed by atoms with van der Waals surface area (Å²) in [4.78, 5) is 0. The Labute approximate surface area is 125 Å². The highest BCUT2D eigenvalue weighted by atomic mass is 79.9. The van der Waals surface area contributed by atoms with Crippen LogP contribution in [-0.4, -0.2) is 39.1 Å². The van der Waals surface area contributed by atoms with E-state index < -0.39 is 10.0 Å². The van der Waals surface area contributed by atoms with Crippen LogP contribution in [0.5, 0.6) is 0 Å². The van der Waals surface area contributed by atoms with Crippen LogP contribution in [-0.2, 0) is 16.6 Å². The molecule has 102 valence electrons. The Hall–Kier alpha value is 0.0500. The zero-order valence-corrected chi connectivity index (χ0v) is 14.3. The maximum absolute atomic E-state index is 11.5. The van der Waals surface area contributed by atoms with Crippen LogP contribution in [0.15, 0.2) is 27.1 Å². The van der Waals surface area contributed by atoms with E-state index in [0.29, 0.717) is 13.1 Å². The number of nitrogens with one attached hydrogen (secondary N) is 1. The van der Waals surface area contributed by atoms with Gasteiger partial charge in [0.05, 0.1) is 5.75 Å². The van der Waals surface area contributed by atoms with E-state index in [0.717, 1.165) is 14.5 Å². The van der Waals surface area contributed by atoms with Gasteiger partial charge in [0, 0.05) is 36.1 Å². The Kier molecular flexibility index (Phi) is 6.26. The number of benzene rings is 1. The summed E-state index contributed by atoms with van der Waals surface area (Å²) in [5, 5.41) is 3.12. The summed E-state index contributed by atoms with van der Waals surface area (Å²) in [6, 6.07) is 5.94. The second-order valence-electron chi connectivity index (χ2n) is 4.02. The van der Waals surface area contributed by atoms with E-state index in [1.54, 1.807) is 14.1 Å². The van der Waals surface area contributed by atoms with Crippen molar-refractivity contribution in [2.24, 2.45) is 0 Å². The van der Waals surface area contributed by atoms with Crippen molar-refractivity contribution in [2.75, 3.05) is 26.4 Å². The SMILES string of the molecule is CN(C)S(=O)(=O)CCNCc1ccc(Br)c(Br)c1. The zero-order chi connectivity index (χ0) is 13.8. The zero-order valence-electron chi connectivity index (χ0n) is 10.3. The van der Waals surface area contributed by atoms with Crippen molar-refractivity contribution in [3.8, 4) is 0 Å². The quantitative estimate of drug-likeness (QED) is 0.746. The maximum atomic E-state index is 11.5. The third-order valence-electron chi connectivity index (χ3n) is 2.41. The van der Waals surface area contributed by atoms with Gasteiger partial charge in [-0.05, 0) is 49.6 Å². The van der Waals surface area contributed by atoms with Crippen molar-refractivity contribution in [1.82, 2.24) is 9.62 Å². The van der Waals surface area contributed by atoms with Crippen LogP contribution < -0.4 is 5.32 Å². The topological polar surface area (TPSA) is 49.4 Å². The number of hydrogen-bond donors (Lipinski definition) is 1. The Morgan fingerprint density at radius 1 is 1.22 bits per heavy atom. The van der Waals surface area contributed by atoms with Gasteiger partial charge in [-0.1, -0.05) is 6.07 Å². The molecule has 0 radical (unpaired) electrons. The lowest BCUT2D eigenvalue weighted by Gasteiger charge is -2.11. The molecule has 1 N–H and O–H groups in total. The van der Waals surface area contributed by atoms with Gasteiger partial charge in [0.25, 0.3) is 0 Å². The molecule has 0 aliphatic heterocycles. The van der Waals surface area contributed by atoms with Crippen molar-refractivity contribution in [2.45, 2.75) is 6.54 Å². The first-order valence-electron chi connectivity index (χ1n) is 5.38. The lowest BCUT2D eigenvalue weighted by atomic mass is 10.2. The minimum atomic E-state index is -3.11. The van der Waals surface area contributed by atoms with Gasteiger partial charge in [-0.2, -0.15) is 0 Å². The summed E-state index contributed by atoms with van der Waals surface area (Å²) in [6.07, 6.45) is 0. The standard InChI is InChI=1S/C11H16Br2N2O2S/c1-15(2)18(16,17)6-5-14-8-9-3-4-10(12)11(13)7-9/h3-4,7,14H,5-6,8H2,1-2H3.